The molecule has 0 fully saturated rings. The lowest BCUT2D eigenvalue weighted by atomic mass is 10.0. The third-order valence-electron chi connectivity index (χ3n) is 3.41. The average molecular weight is 291 g/mol. The first-order valence-corrected chi connectivity index (χ1v) is 7.53. The molecule has 1 atom stereocenters. The summed E-state index contributed by atoms with van der Waals surface area (Å²) in [5.74, 6) is 0.00639. The topological polar surface area (TPSA) is 82.7 Å². The lowest BCUT2D eigenvalue weighted by Gasteiger charge is -2.21. The van der Waals surface area contributed by atoms with Gasteiger partial charge in [-0.2, -0.15) is 0 Å². The molecule has 20 heavy (non-hydrogen) atoms. The lowest BCUT2D eigenvalue weighted by Crippen LogP contribution is -2.47. The number of hydrogen-bond acceptors (Lipinski definition) is 5. The minimum absolute atomic E-state index is 0.00639. The zero-order valence-electron chi connectivity index (χ0n) is 11.3. The van der Waals surface area contributed by atoms with E-state index in [-0.39, 0.29) is 11.9 Å². The molecule has 106 valence electrons. The van der Waals surface area contributed by atoms with Gasteiger partial charge in [-0.3, -0.25) is 10.1 Å². The highest BCUT2D eigenvalue weighted by atomic mass is 32.1. The number of nitrogens with one attached hydrogen (secondary N) is 3. The highest BCUT2D eigenvalue weighted by molar-refractivity contribution is 7.11. The van der Waals surface area contributed by atoms with Gasteiger partial charge in [-0.15, -0.1) is 11.3 Å². The first-order chi connectivity index (χ1) is 9.76. The van der Waals surface area contributed by atoms with E-state index in [1.165, 1.54) is 4.88 Å². The van der Waals surface area contributed by atoms with Crippen molar-refractivity contribution < 1.29 is 4.79 Å². The Morgan fingerprint density at radius 2 is 2.45 bits per heavy atom. The second kappa shape index (κ2) is 5.72. The van der Waals surface area contributed by atoms with Crippen molar-refractivity contribution in [2.75, 3.05) is 0 Å². The number of amides is 1. The highest BCUT2D eigenvalue weighted by Crippen LogP contribution is 2.14. The van der Waals surface area contributed by atoms with Crippen molar-refractivity contribution >= 4 is 17.2 Å². The number of aryl methyl sites for hydroxylation is 1. The second-order valence-electron chi connectivity index (χ2n) is 4.76. The van der Waals surface area contributed by atoms with Crippen LogP contribution in [0.25, 0.3) is 0 Å². The van der Waals surface area contributed by atoms with Gasteiger partial charge in [0, 0.05) is 24.0 Å². The Labute approximate surface area is 121 Å². The van der Waals surface area contributed by atoms with Crippen LogP contribution in [-0.4, -0.2) is 26.9 Å². The molecule has 7 heteroatoms. The van der Waals surface area contributed by atoms with Gasteiger partial charge >= 0.3 is 0 Å². The number of aromatic amines is 1. The molecule has 2 aromatic heterocycles. The molecule has 0 spiro atoms. The van der Waals surface area contributed by atoms with E-state index >= 15 is 0 Å². The van der Waals surface area contributed by atoms with Crippen LogP contribution in [0.15, 0.2) is 12.5 Å². The third kappa shape index (κ3) is 2.73. The number of rotatable bonds is 4. The van der Waals surface area contributed by atoms with Crippen LogP contribution in [-0.2, 0) is 30.7 Å². The summed E-state index contributed by atoms with van der Waals surface area (Å²) in [6, 6.07) is -0.212. The third-order valence-corrected chi connectivity index (χ3v) is 4.55. The maximum atomic E-state index is 12.1. The molecular formula is C13H17N5OS. The van der Waals surface area contributed by atoms with Crippen molar-refractivity contribution in [2.45, 2.75) is 38.9 Å². The maximum absolute atomic E-state index is 12.1. The minimum Gasteiger partial charge on any atom is -0.348 e. The van der Waals surface area contributed by atoms with Crippen LogP contribution in [0.1, 0.15) is 28.2 Å². The van der Waals surface area contributed by atoms with Gasteiger partial charge in [-0.1, -0.05) is 6.92 Å². The Bertz CT molecular complexity index is 605. The van der Waals surface area contributed by atoms with Crippen LogP contribution in [0.3, 0.4) is 0 Å². The van der Waals surface area contributed by atoms with E-state index in [9.17, 15) is 4.79 Å². The molecule has 3 rings (SSSR count). The average Bonchev–Trinajstić information content (AvgIpc) is 3.12. The number of imidazole rings is 1. The number of aromatic nitrogens is 3. The van der Waals surface area contributed by atoms with E-state index in [1.54, 1.807) is 17.7 Å². The number of carbonyl (C=O) groups is 1. The smallest absolute Gasteiger partial charge is 0.237 e. The van der Waals surface area contributed by atoms with Gasteiger partial charge in [0.1, 0.15) is 5.01 Å². The van der Waals surface area contributed by atoms with Crippen LogP contribution in [0, 0.1) is 0 Å². The monoisotopic (exact) mass is 291 g/mol. The van der Waals surface area contributed by atoms with Crippen LogP contribution in [0.4, 0.5) is 0 Å². The van der Waals surface area contributed by atoms with Crippen molar-refractivity contribution in [3.05, 3.63) is 33.8 Å². The van der Waals surface area contributed by atoms with Gasteiger partial charge in [0.05, 0.1) is 30.3 Å². The number of carbonyl (C=O) groups excluding carboxylic acids is 1. The number of nitrogens with zero attached hydrogens (tertiary/aromatic N) is 2. The number of hydrogen-bond donors (Lipinski definition) is 3. The molecule has 0 aromatic carbocycles. The maximum Gasteiger partial charge on any atom is 0.237 e. The van der Waals surface area contributed by atoms with Crippen molar-refractivity contribution in [3.63, 3.8) is 0 Å². The van der Waals surface area contributed by atoms with Gasteiger partial charge in [-0.25, -0.2) is 9.97 Å². The summed E-state index contributed by atoms with van der Waals surface area (Å²) in [5, 5.41) is 7.10. The molecule has 3 N–H and O–H groups in total. The molecule has 0 radical (unpaired) electrons. The number of fused-ring (bicyclic) bond motifs is 1. The van der Waals surface area contributed by atoms with Crippen LogP contribution in [0.2, 0.25) is 0 Å². The van der Waals surface area contributed by atoms with E-state index in [2.05, 4.69) is 32.5 Å². The predicted octanol–water partition coefficient (Wildman–Crippen LogP) is 0.759. The lowest BCUT2D eigenvalue weighted by molar-refractivity contribution is -0.123. The Morgan fingerprint density at radius 3 is 3.25 bits per heavy atom. The zero-order chi connectivity index (χ0) is 13.9. The summed E-state index contributed by atoms with van der Waals surface area (Å²) in [4.78, 5) is 25.0. The molecule has 2 aromatic rings. The molecule has 0 saturated heterocycles. The summed E-state index contributed by atoms with van der Waals surface area (Å²) < 4.78 is 0. The molecule has 0 saturated carbocycles. The van der Waals surface area contributed by atoms with Crippen LogP contribution >= 0.6 is 11.3 Å². The van der Waals surface area contributed by atoms with Crippen molar-refractivity contribution in [1.29, 1.82) is 0 Å². The second-order valence-corrected chi connectivity index (χ2v) is 5.96. The molecule has 0 aliphatic carbocycles. The summed E-state index contributed by atoms with van der Waals surface area (Å²) in [6.07, 6.45) is 5.16. The molecule has 1 aliphatic rings. The number of H-pyrrole nitrogens is 1. The summed E-state index contributed by atoms with van der Waals surface area (Å²) in [6.45, 7) is 3.25. The Balaban J connectivity index is 1.55. The molecule has 1 amide bonds. The Hall–Kier alpha value is -1.73. The van der Waals surface area contributed by atoms with Crippen LogP contribution < -0.4 is 10.6 Å². The molecule has 6 nitrogen and oxygen atoms in total. The van der Waals surface area contributed by atoms with E-state index in [0.717, 1.165) is 22.8 Å². The van der Waals surface area contributed by atoms with Crippen LogP contribution in [0.5, 0.6) is 0 Å². The normalized spacial score (nSPS) is 17.8. The quantitative estimate of drug-likeness (QED) is 0.776. The van der Waals surface area contributed by atoms with Gasteiger partial charge in [0.15, 0.2) is 0 Å². The van der Waals surface area contributed by atoms with Crippen molar-refractivity contribution in [1.82, 2.24) is 25.6 Å². The van der Waals surface area contributed by atoms with E-state index in [4.69, 9.17) is 0 Å². The largest absolute Gasteiger partial charge is 0.348 e. The van der Waals surface area contributed by atoms with Crippen molar-refractivity contribution in [2.24, 2.45) is 0 Å². The fourth-order valence-corrected chi connectivity index (χ4v) is 3.04. The van der Waals surface area contributed by atoms with Gasteiger partial charge in [-0.05, 0) is 6.42 Å². The Morgan fingerprint density at radius 1 is 1.55 bits per heavy atom. The van der Waals surface area contributed by atoms with E-state index in [0.29, 0.717) is 19.5 Å². The van der Waals surface area contributed by atoms with Crippen molar-refractivity contribution in [3.8, 4) is 0 Å². The molecule has 0 bridgehead atoms. The first-order valence-electron chi connectivity index (χ1n) is 6.72. The van der Waals surface area contributed by atoms with Gasteiger partial charge in [0.2, 0.25) is 5.91 Å². The summed E-state index contributed by atoms with van der Waals surface area (Å²) >= 11 is 1.65. The Kier molecular flexibility index (Phi) is 3.79. The SMILES string of the molecule is CCc1cnc(CNC(=O)C2Cc3nc[nH]c3CN2)s1. The van der Waals surface area contributed by atoms with Gasteiger partial charge in [0.25, 0.3) is 0 Å². The number of thiazole rings is 1. The molecule has 1 unspecified atom stereocenters. The predicted molar refractivity (Wildman–Crippen MR) is 76.3 cm³/mol. The summed E-state index contributed by atoms with van der Waals surface area (Å²) in [7, 11) is 0. The first kappa shape index (κ1) is 13.3. The fourth-order valence-electron chi connectivity index (χ4n) is 2.23. The molecule has 3 heterocycles. The zero-order valence-corrected chi connectivity index (χ0v) is 12.1. The highest BCUT2D eigenvalue weighted by Gasteiger charge is 2.25. The van der Waals surface area contributed by atoms with Gasteiger partial charge < -0.3 is 10.3 Å². The standard InChI is InChI=1S/C13H17N5OS/c1-2-8-4-15-12(20-8)6-16-13(19)10-3-9-11(5-14-10)18-7-17-9/h4,7,10,14H,2-3,5-6H2,1H3,(H,16,19)(H,17,18). The molecular weight excluding hydrogens is 274 g/mol. The van der Waals surface area contributed by atoms with E-state index < -0.39 is 0 Å². The minimum atomic E-state index is -0.212. The molecule has 1 aliphatic heterocycles. The van der Waals surface area contributed by atoms with E-state index in [1.807, 2.05) is 6.20 Å². The fraction of sp³-hybridized carbons (Fsp3) is 0.462. The summed E-state index contributed by atoms with van der Waals surface area (Å²) in [5.41, 5.74) is 2.05.